The third-order valence-electron chi connectivity index (χ3n) is 5.15. The van der Waals surface area contributed by atoms with Crippen LogP contribution in [0.25, 0.3) is 0 Å². The molecule has 0 amide bonds. The topological polar surface area (TPSA) is 20.2 Å². The van der Waals surface area contributed by atoms with Crippen molar-refractivity contribution in [3.8, 4) is 0 Å². The van der Waals surface area contributed by atoms with Crippen molar-refractivity contribution in [2.75, 3.05) is 0 Å². The summed E-state index contributed by atoms with van der Waals surface area (Å²) < 4.78 is 0. The van der Waals surface area contributed by atoms with Gasteiger partial charge in [0.2, 0.25) is 0 Å². The van der Waals surface area contributed by atoms with E-state index in [-0.39, 0.29) is 6.10 Å². The number of aliphatic hydroxyl groups is 1. The number of aliphatic hydroxyl groups excluding tert-OH is 1. The summed E-state index contributed by atoms with van der Waals surface area (Å²) in [6.45, 7) is 8.79. The molecule has 0 radical (unpaired) electrons. The van der Waals surface area contributed by atoms with Gasteiger partial charge in [0.25, 0.3) is 0 Å². The average molecular weight is 234 g/mol. The molecule has 96 valence electrons. The molecule has 0 saturated heterocycles. The molecule has 2 aliphatic rings. The van der Waals surface area contributed by atoms with Gasteiger partial charge >= 0.3 is 0 Å². The Bertz CT molecular complexity index is 332. The maximum atomic E-state index is 10.7. The summed E-state index contributed by atoms with van der Waals surface area (Å²) in [7, 11) is 0. The summed E-state index contributed by atoms with van der Waals surface area (Å²) in [5.74, 6) is 0.829. The first-order valence-corrected chi connectivity index (χ1v) is 7.07. The monoisotopic (exact) mass is 234 g/mol. The van der Waals surface area contributed by atoms with Crippen molar-refractivity contribution in [3.05, 3.63) is 22.3 Å². The Morgan fingerprint density at radius 1 is 0.882 bits per heavy atom. The molecule has 0 aromatic rings. The molecule has 1 unspecified atom stereocenters. The van der Waals surface area contributed by atoms with Crippen LogP contribution in [0.3, 0.4) is 0 Å². The molecule has 1 saturated carbocycles. The highest BCUT2D eigenvalue weighted by Gasteiger charge is 2.35. The lowest BCUT2D eigenvalue weighted by Crippen LogP contribution is -2.31. The Hall–Kier alpha value is -0.560. The van der Waals surface area contributed by atoms with Crippen molar-refractivity contribution >= 4 is 0 Å². The molecule has 1 fully saturated rings. The molecule has 1 nitrogen and oxygen atoms in total. The fourth-order valence-corrected chi connectivity index (χ4v) is 3.64. The fraction of sp³-hybridized carbons (Fsp3) is 0.750. The predicted molar refractivity (Wildman–Crippen MR) is 72.8 cm³/mol. The third kappa shape index (κ3) is 2.22. The van der Waals surface area contributed by atoms with Crippen LogP contribution in [0.5, 0.6) is 0 Å². The Balaban J connectivity index is 2.17. The number of hydrogen-bond acceptors (Lipinski definition) is 1. The second-order valence-corrected chi connectivity index (χ2v) is 5.98. The highest BCUT2D eigenvalue weighted by molar-refractivity contribution is 5.47. The lowest BCUT2D eigenvalue weighted by atomic mass is 9.77. The predicted octanol–water partition coefficient (Wildman–Crippen LogP) is 4.23. The Morgan fingerprint density at radius 3 is 1.82 bits per heavy atom. The fourth-order valence-electron chi connectivity index (χ4n) is 3.64. The molecular weight excluding hydrogens is 208 g/mol. The van der Waals surface area contributed by atoms with E-state index in [2.05, 4.69) is 27.7 Å². The van der Waals surface area contributed by atoms with Gasteiger partial charge in [0.1, 0.15) is 0 Å². The van der Waals surface area contributed by atoms with Crippen LogP contribution in [-0.2, 0) is 0 Å². The van der Waals surface area contributed by atoms with Gasteiger partial charge in [-0.05, 0) is 57.6 Å². The van der Waals surface area contributed by atoms with Gasteiger partial charge in [-0.1, -0.05) is 30.4 Å². The van der Waals surface area contributed by atoms with E-state index < -0.39 is 0 Å². The smallest absolute Gasteiger partial charge is 0.0671 e. The molecule has 0 spiro atoms. The van der Waals surface area contributed by atoms with Crippen molar-refractivity contribution in [2.45, 2.75) is 65.9 Å². The van der Waals surface area contributed by atoms with Crippen LogP contribution in [0.15, 0.2) is 22.3 Å². The maximum absolute atomic E-state index is 10.7. The average Bonchev–Trinajstić information content (AvgIpc) is 2.54. The van der Waals surface area contributed by atoms with E-state index in [1.165, 1.54) is 54.4 Å². The quantitative estimate of drug-likeness (QED) is 0.758. The van der Waals surface area contributed by atoms with E-state index in [1.54, 1.807) is 0 Å². The first-order chi connectivity index (χ1) is 8.04. The molecule has 2 aliphatic carbocycles. The van der Waals surface area contributed by atoms with Crippen LogP contribution in [-0.4, -0.2) is 11.2 Å². The molecule has 0 heterocycles. The number of allylic oxidation sites excluding steroid dienone is 2. The summed E-state index contributed by atoms with van der Waals surface area (Å²) in [5, 5.41) is 10.7. The Morgan fingerprint density at radius 2 is 1.35 bits per heavy atom. The van der Waals surface area contributed by atoms with Crippen molar-refractivity contribution in [1.29, 1.82) is 0 Å². The molecule has 0 aromatic carbocycles. The van der Waals surface area contributed by atoms with Crippen LogP contribution >= 0.6 is 0 Å². The highest BCUT2D eigenvalue weighted by Crippen LogP contribution is 2.42. The largest absolute Gasteiger partial charge is 0.392 e. The van der Waals surface area contributed by atoms with Gasteiger partial charge in [-0.25, -0.2) is 0 Å². The van der Waals surface area contributed by atoms with Gasteiger partial charge in [0.05, 0.1) is 6.10 Å². The van der Waals surface area contributed by atoms with Crippen LogP contribution in [0.2, 0.25) is 0 Å². The molecule has 2 rings (SSSR count). The standard InChI is InChI=1S/C16H26O/c1-10-11(2)13(4)15(12(10)3)16(17)14-8-6-5-7-9-14/h14-17H,5-9H2,1-4H3. The summed E-state index contributed by atoms with van der Waals surface area (Å²) in [4.78, 5) is 0. The van der Waals surface area contributed by atoms with Crippen molar-refractivity contribution < 1.29 is 5.11 Å². The number of hydrogen-bond donors (Lipinski definition) is 1. The van der Waals surface area contributed by atoms with Crippen LogP contribution in [0.1, 0.15) is 59.8 Å². The summed E-state index contributed by atoms with van der Waals surface area (Å²) in [5.41, 5.74) is 5.61. The second-order valence-electron chi connectivity index (χ2n) is 5.98. The van der Waals surface area contributed by atoms with Gasteiger partial charge in [-0.3, -0.25) is 0 Å². The van der Waals surface area contributed by atoms with E-state index in [1.807, 2.05) is 0 Å². The Kier molecular flexibility index (Phi) is 3.77. The normalized spacial score (nSPS) is 25.9. The van der Waals surface area contributed by atoms with Gasteiger partial charge in [0.15, 0.2) is 0 Å². The van der Waals surface area contributed by atoms with Crippen LogP contribution < -0.4 is 0 Å². The Labute approximate surface area is 106 Å². The number of rotatable bonds is 2. The van der Waals surface area contributed by atoms with Gasteiger partial charge in [0, 0.05) is 5.92 Å². The summed E-state index contributed by atoms with van der Waals surface area (Å²) >= 11 is 0. The van der Waals surface area contributed by atoms with Crippen LogP contribution in [0.4, 0.5) is 0 Å². The second kappa shape index (κ2) is 4.97. The lowest BCUT2D eigenvalue weighted by Gasteiger charge is -2.32. The molecule has 1 heteroatoms. The lowest BCUT2D eigenvalue weighted by molar-refractivity contribution is 0.0581. The third-order valence-corrected chi connectivity index (χ3v) is 5.15. The van der Waals surface area contributed by atoms with E-state index in [0.717, 1.165) is 0 Å². The molecule has 1 atom stereocenters. The van der Waals surface area contributed by atoms with E-state index >= 15 is 0 Å². The molecule has 1 N–H and O–H groups in total. The van der Waals surface area contributed by atoms with E-state index in [4.69, 9.17) is 0 Å². The van der Waals surface area contributed by atoms with Gasteiger partial charge in [-0.15, -0.1) is 0 Å². The zero-order chi connectivity index (χ0) is 12.6. The van der Waals surface area contributed by atoms with Gasteiger partial charge < -0.3 is 5.11 Å². The van der Waals surface area contributed by atoms with Gasteiger partial charge in [-0.2, -0.15) is 0 Å². The summed E-state index contributed by atoms with van der Waals surface area (Å²) in [6.07, 6.45) is 6.25. The van der Waals surface area contributed by atoms with Crippen LogP contribution in [0, 0.1) is 11.8 Å². The van der Waals surface area contributed by atoms with E-state index in [9.17, 15) is 5.11 Å². The molecule has 0 aliphatic heterocycles. The molecule has 0 aromatic heterocycles. The minimum Gasteiger partial charge on any atom is -0.392 e. The minimum atomic E-state index is -0.150. The first-order valence-electron chi connectivity index (χ1n) is 7.07. The highest BCUT2D eigenvalue weighted by atomic mass is 16.3. The SMILES string of the molecule is CC1=C(C)C(C(O)C2CCCCC2)C(C)=C1C. The molecule has 17 heavy (non-hydrogen) atoms. The zero-order valence-electron chi connectivity index (χ0n) is 11.7. The maximum Gasteiger partial charge on any atom is 0.0671 e. The van der Waals surface area contributed by atoms with Crippen molar-refractivity contribution in [1.82, 2.24) is 0 Å². The zero-order valence-corrected chi connectivity index (χ0v) is 11.7. The summed E-state index contributed by atoms with van der Waals surface area (Å²) in [6, 6.07) is 0. The first kappa shape index (κ1) is 12.9. The van der Waals surface area contributed by atoms with E-state index in [0.29, 0.717) is 11.8 Å². The molecular formula is C16H26O. The minimum absolute atomic E-state index is 0.150. The molecule has 0 bridgehead atoms. The van der Waals surface area contributed by atoms with Crippen molar-refractivity contribution in [2.24, 2.45) is 11.8 Å². The van der Waals surface area contributed by atoms with Crippen molar-refractivity contribution in [3.63, 3.8) is 0 Å².